The van der Waals surface area contributed by atoms with Crippen molar-refractivity contribution >= 4 is 11.6 Å². The number of allylic oxidation sites excluding steroid dienone is 3. The van der Waals surface area contributed by atoms with Gasteiger partial charge >= 0.3 is 0 Å². The molecule has 2 aromatic rings. The lowest BCUT2D eigenvalue weighted by atomic mass is 9.66. The summed E-state index contributed by atoms with van der Waals surface area (Å²) in [6.45, 7) is 3.77. The molecule has 2 N–H and O–H groups in total. The predicted molar refractivity (Wildman–Crippen MR) is 113 cm³/mol. The van der Waals surface area contributed by atoms with Crippen molar-refractivity contribution in [1.82, 2.24) is 0 Å². The summed E-state index contributed by atoms with van der Waals surface area (Å²) in [5.41, 5.74) is 0.197. The van der Waals surface area contributed by atoms with E-state index in [0.29, 0.717) is 0 Å². The first-order valence-corrected chi connectivity index (χ1v) is 9.83. The topological polar surface area (TPSA) is 74.6 Å². The Bertz CT molecular complexity index is 911. The van der Waals surface area contributed by atoms with Crippen molar-refractivity contribution in [2.24, 2.45) is 11.3 Å². The second kappa shape index (κ2) is 8.48. The third-order valence-corrected chi connectivity index (χ3v) is 5.25. The van der Waals surface area contributed by atoms with E-state index in [9.17, 15) is 19.8 Å². The lowest BCUT2D eigenvalue weighted by molar-refractivity contribution is -0.128. The Kier molecular flexibility index (Phi) is 6.02. The number of hydrogen-bond donors (Lipinski definition) is 2. The van der Waals surface area contributed by atoms with Crippen LogP contribution in [-0.4, -0.2) is 21.8 Å². The molecule has 1 aliphatic carbocycles. The highest BCUT2D eigenvalue weighted by Gasteiger charge is 2.49. The average molecular weight is 390 g/mol. The third kappa shape index (κ3) is 4.32. The minimum atomic E-state index is -1.34. The second-order valence-electron chi connectivity index (χ2n) is 8.05. The first-order chi connectivity index (χ1) is 13.8. The highest BCUT2D eigenvalue weighted by atomic mass is 16.3. The Labute approximate surface area is 171 Å². The van der Waals surface area contributed by atoms with E-state index in [1.807, 2.05) is 74.5 Å². The molecule has 150 valence electrons. The van der Waals surface area contributed by atoms with Crippen molar-refractivity contribution in [1.29, 1.82) is 0 Å². The molecule has 0 aromatic heterocycles. The predicted octanol–water partition coefficient (Wildman–Crippen LogP) is 4.91. The molecule has 0 spiro atoms. The molecule has 0 heterocycles. The number of aliphatic hydroxyl groups excluding tert-OH is 2. The molecule has 0 fully saturated rings. The Morgan fingerprint density at radius 3 is 1.83 bits per heavy atom. The van der Waals surface area contributed by atoms with Crippen molar-refractivity contribution in [3.8, 4) is 0 Å². The van der Waals surface area contributed by atoms with E-state index in [4.69, 9.17) is 0 Å². The van der Waals surface area contributed by atoms with Crippen LogP contribution in [0.25, 0.3) is 0 Å². The zero-order chi connectivity index (χ0) is 21.0. The van der Waals surface area contributed by atoms with Gasteiger partial charge in [0.2, 0.25) is 0 Å². The van der Waals surface area contributed by atoms with E-state index < -0.39 is 22.7 Å². The normalized spacial score (nSPS) is 16.1. The number of carbonyl (C=O) groups excluding carboxylic acids is 2. The molecule has 0 radical (unpaired) electrons. The number of aliphatic hydroxyl groups is 2. The summed E-state index contributed by atoms with van der Waals surface area (Å²) in [5, 5.41) is 21.3. The van der Waals surface area contributed by atoms with Gasteiger partial charge in [-0.25, -0.2) is 0 Å². The highest BCUT2D eigenvalue weighted by molar-refractivity contribution is 6.24. The van der Waals surface area contributed by atoms with E-state index in [0.717, 1.165) is 11.1 Å². The van der Waals surface area contributed by atoms with E-state index in [2.05, 4.69) is 0 Å². The molecule has 0 bridgehead atoms. The van der Waals surface area contributed by atoms with Crippen LogP contribution in [0.15, 0.2) is 83.8 Å². The Morgan fingerprint density at radius 2 is 1.38 bits per heavy atom. The van der Waals surface area contributed by atoms with Gasteiger partial charge in [0.15, 0.2) is 11.6 Å². The maximum Gasteiger partial charge on any atom is 0.184 e. The fourth-order valence-corrected chi connectivity index (χ4v) is 3.85. The van der Waals surface area contributed by atoms with Crippen molar-refractivity contribution in [3.63, 3.8) is 0 Å². The number of carbonyl (C=O) groups is 2. The summed E-state index contributed by atoms with van der Waals surface area (Å²) in [5.74, 6) is -1.53. The fraction of sp³-hybridized carbons (Fsp3) is 0.280. The zero-order valence-corrected chi connectivity index (χ0v) is 16.8. The summed E-state index contributed by atoms with van der Waals surface area (Å²) in [6.07, 6.45) is 1.79. The van der Waals surface area contributed by atoms with Gasteiger partial charge in [-0.1, -0.05) is 74.5 Å². The Morgan fingerprint density at radius 1 is 0.897 bits per heavy atom. The second-order valence-corrected chi connectivity index (χ2v) is 8.05. The Balaban J connectivity index is 2.10. The van der Waals surface area contributed by atoms with Crippen LogP contribution >= 0.6 is 0 Å². The quantitative estimate of drug-likeness (QED) is 0.659. The lowest BCUT2D eigenvalue weighted by Crippen LogP contribution is -2.43. The van der Waals surface area contributed by atoms with E-state index in [1.54, 1.807) is 0 Å². The van der Waals surface area contributed by atoms with Crippen LogP contribution in [0.5, 0.6) is 0 Å². The summed E-state index contributed by atoms with van der Waals surface area (Å²) in [6, 6.07) is 18.8. The fourth-order valence-electron chi connectivity index (χ4n) is 3.85. The van der Waals surface area contributed by atoms with E-state index in [-0.39, 0.29) is 36.5 Å². The molecule has 0 atom stereocenters. The molecule has 2 aromatic carbocycles. The monoisotopic (exact) mass is 390 g/mol. The van der Waals surface area contributed by atoms with Crippen molar-refractivity contribution in [3.05, 3.63) is 95.0 Å². The molecule has 0 aliphatic heterocycles. The van der Waals surface area contributed by atoms with Gasteiger partial charge in [-0.2, -0.15) is 0 Å². The zero-order valence-electron chi connectivity index (χ0n) is 16.8. The van der Waals surface area contributed by atoms with Crippen LogP contribution in [0.1, 0.15) is 31.4 Å². The Hall–Kier alpha value is -3.14. The summed E-state index contributed by atoms with van der Waals surface area (Å²) in [4.78, 5) is 26.4. The van der Waals surface area contributed by atoms with Crippen LogP contribution in [-0.2, 0) is 22.4 Å². The summed E-state index contributed by atoms with van der Waals surface area (Å²) in [7, 11) is 0. The maximum absolute atomic E-state index is 13.7. The van der Waals surface area contributed by atoms with Gasteiger partial charge in [0.05, 0.1) is 5.41 Å². The highest BCUT2D eigenvalue weighted by Crippen LogP contribution is 2.42. The van der Waals surface area contributed by atoms with Crippen molar-refractivity contribution in [2.45, 2.75) is 33.1 Å². The van der Waals surface area contributed by atoms with Gasteiger partial charge in [-0.05, 0) is 29.9 Å². The minimum Gasteiger partial charge on any atom is -0.511 e. The van der Waals surface area contributed by atoms with E-state index >= 15 is 0 Å². The molecular formula is C25H26O4. The lowest BCUT2D eigenvalue weighted by Gasteiger charge is -2.35. The van der Waals surface area contributed by atoms with Crippen LogP contribution < -0.4 is 0 Å². The van der Waals surface area contributed by atoms with Gasteiger partial charge < -0.3 is 10.2 Å². The van der Waals surface area contributed by atoms with E-state index in [1.165, 1.54) is 6.08 Å². The summed E-state index contributed by atoms with van der Waals surface area (Å²) < 4.78 is 0. The van der Waals surface area contributed by atoms with Crippen LogP contribution in [0.4, 0.5) is 0 Å². The molecule has 4 heteroatoms. The molecule has 0 saturated heterocycles. The molecule has 0 saturated carbocycles. The molecular weight excluding hydrogens is 364 g/mol. The molecule has 0 unspecified atom stereocenters. The van der Waals surface area contributed by atoms with Gasteiger partial charge in [0, 0.05) is 12.5 Å². The standard InChI is InChI=1S/C25H26O4/c1-17(2)13-20(26)23-21(27)14-22(28)25(24(23)29,15-18-9-5-3-6-10-18)16-19-11-7-4-8-12-19/h3-12,14,17,27-28H,13,15-16H2,1-2H3. The smallest absolute Gasteiger partial charge is 0.184 e. The number of rotatable bonds is 7. The van der Waals surface area contributed by atoms with Gasteiger partial charge in [0.25, 0.3) is 0 Å². The molecule has 4 nitrogen and oxygen atoms in total. The molecule has 29 heavy (non-hydrogen) atoms. The van der Waals surface area contributed by atoms with Gasteiger partial charge in [-0.15, -0.1) is 0 Å². The minimum absolute atomic E-state index is 0.0488. The van der Waals surface area contributed by atoms with Crippen LogP contribution in [0, 0.1) is 11.3 Å². The maximum atomic E-state index is 13.7. The van der Waals surface area contributed by atoms with Gasteiger partial charge in [-0.3, -0.25) is 9.59 Å². The van der Waals surface area contributed by atoms with Crippen molar-refractivity contribution in [2.75, 3.05) is 0 Å². The SMILES string of the molecule is CC(C)CC(=O)C1=C(O)C=C(O)C(Cc2ccccc2)(Cc2ccccc2)C1=O. The van der Waals surface area contributed by atoms with Crippen molar-refractivity contribution < 1.29 is 19.8 Å². The number of ketones is 2. The average Bonchev–Trinajstić information content (AvgIpc) is 2.67. The third-order valence-electron chi connectivity index (χ3n) is 5.25. The number of Topliss-reactive ketones (excluding diaryl/α,β-unsaturated/α-hetero) is 2. The van der Waals surface area contributed by atoms with Crippen LogP contribution in [0.3, 0.4) is 0 Å². The van der Waals surface area contributed by atoms with Gasteiger partial charge in [0.1, 0.15) is 17.1 Å². The molecule has 0 amide bonds. The number of hydrogen-bond acceptors (Lipinski definition) is 4. The first kappa shape index (κ1) is 20.6. The largest absolute Gasteiger partial charge is 0.511 e. The molecule has 1 aliphatic rings. The van der Waals surface area contributed by atoms with Crippen LogP contribution in [0.2, 0.25) is 0 Å². The summed E-state index contributed by atoms with van der Waals surface area (Å²) >= 11 is 0. The first-order valence-electron chi connectivity index (χ1n) is 9.83. The number of benzene rings is 2. The molecule has 3 rings (SSSR count).